The van der Waals surface area contributed by atoms with E-state index in [2.05, 4.69) is 34.8 Å². The normalized spacial score (nSPS) is 13.2. The van der Waals surface area contributed by atoms with Crippen molar-refractivity contribution in [3.63, 3.8) is 0 Å². The van der Waals surface area contributed by atoms with Crippen LogP contribution in [-0.4, -0.2) is 19.8 Å². The SMILES string of the molecule is COCC(C)NCc1ccc(I)o1. The number of hydrogen-bond acceptors (Lipinski definition) is 3. The summed E-state index contributed by atoms with van der Waals surface area (Å²) in [4.78, 5) is 0. The van der Waals surface area contributed by atoms with Crippen LogP contribution >= 0.6 is 22.6 Å². The van der Waals surface area contributed by atoms with Crippen molar-refractivity contribution in [1.29, 1.82) is 0 Å². The summed E-state index contributed by atoms with van der Waals surface area (Å²) in [7, 11) is 1.70. The molecule has 1 unspecified atom stereocenters. The minimum absolute atomic E-state index is 0.354. The lowest BCUT2D eigenvalue weighted by molar-refractivity contribution is 0.170. The number of hydrogen-bond donors (Lipinski definition) is 1. The second kappa shape index (κ2) is 5.62. The standard InChI is InChI=1S/C9H14INO2/c1-7(6-12-2)11-5-8-3-4-9(10)13-8/h3-4,7,11H,5-6H2,1-2H3. The van der Waals surface area contributed by atoms with Crippen molar-refractivity contribution in [2.45, 2.75) is 19.5 Å². The number of furan rings is 1. The molecule has 1 rings (SSSR count). The first-order chi connectivity index (χ1) is 6.22. The molecule has 1 aromatic rings. The first-order valence-electron chi connectivity index (χ1n) is 4.19. The minimum atomic E-state index is 0.354. The second-order valence-electron chi connectivity index (χ2n) is 2.94. The van der Waals surface area contributed by atoms with Gasteiger partial charge in [0.05, 0.1) is 13.2 Å². The third kappa shape index (κ3) is 4.10. The molecular formula is C9H14INO2. The third-order valence-electron chi connectivity index (χ3n) is 1.67. The highest BCUT2D eigenvalue weighted by Crippen LogP contribution is 2.09. The first-order valence-corrected chi connectivity index (χ1v) is 5.26. The molecule has 0 fully saturated rings. The van der Waals surface area contributed by atoms with Gasteiger partial charge in [-0.25, -0.2) is 0 Å². The average molecular weight is 295 g/mol. The fraction of sp³-hybridized carbons (Fsp3) is 0.556. The Balaban J connectivity index is 2.26. The summed E-state index contributed by atoms with van der Waals surface area (Å²) in [5.74, 6) is 0.965. The van der Waals surface area contributed by atoms with Crippen molar-refractivity contribution in [1.82, 2.24) is 5.32 Å². The molecule has 0 aliphatic rings. The van der Waals surface area contributed by atoms with Crippen molar-refractivity contribution in [2.75, 3.05) is 13.7 Å². The van der Waals surface area contributed by atoms with Gasteiger partial charge in [-0.05, 0) is 41.6 Å². The third-order valence-corrected chi connectivity index (χ3v) is 2.25. The molecule has 0 saturated heterocycles. The Morgan fingerprint density at radius 3 is 2.92 bits per heavy atom. The largest absolute Gasteiger partial charge is 0.454 e. The highest BCUT2D eigenvalue weighted by atomic mass is 127. The molecule has 0 aromatic carbocycles. The van der Waals surface area contributed by atoms with E-state index in [9.17, 15) is 0 Å². The molecule has 4 heteroatoms. The van der Waals surface area contributed by atoms with E-state index in [0.717, 1.165) is 22.7 Å². The molecule has 0 radical (unpaired) electrons. The van der Waals surface area contributed by atoms with E-state index in [1.54, 1.807) is 7.11 Å². The van der Waals surface area contributed by atoms with Gasteiger partial charge in [-0.2, -0.15) is 0 Å². The van der Waals surface area contributed by atoms with E-state index in [1.165, 1.54) is 0 Å². The number of halogens is 1. The van der Waals surface area contributed by atoms with Crippen molar-refractivity contribution < 1.29 is 9.15 Å². The number of rotatable bonds is 5. The zero-order valence-electron chi connectivity index (χ0n) is 7.84. The van der Waals surface area contributed by atoms with E-state index in [-0.39, 0.29) is 0 Å². The molecule has 0 bridgehead atoms. The van der Waals surface area contributed by atoms with Crippen molar-refractivity contribution >= 4 is 22.6 Å². The fourth-order valence-electron chi connectivity index (χ4n) is 1.03. The predicted octanol–water partition coefficient (Wildman–Crippen LogP) is 2.01. The van der Waals surface area contributed by atoms with Crippen LogP contribution in [0.3, 0.4) is 0 Å². The van der Waals surface area contributed by atoms with Gasteiger partial charge < -0.3 is 14.5 Å². The maximum atomic E-state index is 5.40. The van der Waals surface area contributed by atoms with E-state index >= 15 is 0 Å². The highest BCUT2D eigenvalue weighted by molar-refractivity contribution is 14.1. The molecule has 0 amide bonds. The summed E-state index contributed by atoms with van der Waals surface area (Å²) < 4.78 is 11.3. The zero-order valence-corrected chi connectivity index (χ0v) is 10.00. The van der Waals surface area contributed by atoms with Gasteiger partial charge in [0.1, 0.15) is 5.76 Å². The summed E-state index contributed by atoms with van der Waals surface area (Å²) in [5, 5.41) is 3.29. The van der Waals surface area contributed by atoms with Crippen molar-refractivity contribution in [2.24, 2.45) is 0 Å². The molecule has 0 spiro atoms. The lowest BCUT2D eigenvalue weighted by Crippen LogP contribution is -2.29. The Labute approximate surface area is 92.0 Å². The topological polar surface area (TPSA) is 34.4 Å². The van der Waals surface area contributed by atoms with Crippen LogP contribution in [0.25, 0.3) is 0 Å². The fourth-order valence-corrected chi connectivity index (χ4v) is 1.49. The lowest BCUT2D eigenvalue weighted by atomic mass is 10.3. The quantitative estimate of drug-likeness (QED) is 0.844. The van der Waals surface area contributed by atoms with E-state index < -0.39 is 0 Å². The molecule has 0 saturated carbocycles. The van der Waals surface area contributed by atoms with Crippen LogP contribution in [0, 0.1) is 3.77 Å². The Bertz CT molecular complexity index is 250. The van der Waals surface area contributed by atoms with Crippen LogP contribution in [0.15, 0.2) is 16.5 Å². The van der Waals surface area contributed by atoms with E-state index in [1.807, 2.05) is 12.1 Å². The van der Waals surface area contributed by atoms with E-state index in [4.69, 9.17) is 9.15 Å². The summed E-state index contributed by atoms with van der Waals surface area (Å²) in [6, 6.07) is 4.29. The monoisotopic (exact) mass is 295 g/mol. The van der Waals surface area contributed by atoms with Gasteiger partial charge in [-0.1, -0.05) is 0 Å². The van der Waals surface area contributed by atoms with E-state index in [0.29, 0.717) is 6.04 Å². The Morgan fingerprint density at radius 1 is 1.62 bits per heavy atom. The van der Waals surface area contributed by atoms with Gasteiger partial charge in [-0.15, -0.1) is 0 Å². The first kappa shape index (κ1) is 11.0. The van der Waals surface area contributed by atoms with Crippen LogP contribution in [0.1, 0.15) is 12.7 Å². The van der Waals surface area contributed by atoms with Crippen molar-refractivity contribution in [3.8, 4) is 0 Å². The molecule has 13 heavy (non-hydrogen) atoms. The highest BCUT2D eigenvalue weighted by Gasteiger charge is 2.02. The van der Waals surface area contributed by atoms with Gasteiger partial charge in [0, 0.05) is 13.2 Å². The van der Waals surface area contributed by atoms with Gasteiger partial charge in [0.2, 0.25) is 0 Å². The van der Waals surface area contributed by atoms with Crippen LogP contribution in [-0.2, 0) is 11.3 Å². The molecule has 1 N–H and O–H groups in total. The van der Waals surface area contributed by atoms with Gasteiger partial charge >= 0.3 is 0 Å². The van der Waals surface area contributed by atoms with Crippen LogP contribution in [0.2, 0.25) is 0 Å². The summed E-state index contributed by atoms with van der Waals surface area (Å²) in [5.41, 5.74) is 0. The molecule has 1 heterocycles. The molecule has 74 valence electrons. The molecule has 1 atom stereocenters. The predicted molar refractivity (Wildman–Crippen MR) is 59.6 cm³/mol. The minimum Gasteiger partial charge on any atom is -0.454 e. The number of nitrogens with one attached hydrogen (secondary N) is 1. The molecule has 1 aromatic heterocycles. The van der Waals surface area contributed by atoms with Gasteiger partial charge in [-0.3, -0.25) is 0 Å². The Kier molecular flexibility index (Phi) is 4.76. The maximum absolute atomic E-state index is 5.40. The second-order valence-corrected chi connectivity index (χ2v) is 4.01. The van der Waals surface area contributed by atoms with Crippen molar-refractivity contribution in [3.05, 3.63) is 21.7 Å². The van der Waals surface area contributed by atoms with Gasteiger partial charge in [0.25, 0.3) is 0 Å². The summed E-state index contributed by atoms with van der Waals surface area (Å²) >= 11 is 2.16. The van der Waals surface area contributed by atoms with Crippen LogP contribution in [0.5, 0.6) is 0 Å². The molecular weight excluding hydrogens is 281 g/mol. The number of methoxy groups -OCH3 is 1. The molecule has 3 nitrogen and oxygen atoms in total. The smallest absolute Gasteiger partial charge is 0.164 e. The number of ether oxygens (including phenoxy) is 1. The Hall–Kier alpha value is -0.0700. The maximum Gasteiger partial charge on any atom is 0.164 e. The summed E-state index contributed by atoms with van der Waals surface area (Å²) in [6.45, 7) is 3.56. The van der Waals surface area contributed by atoms with Crippen LogP contribution < -0.4 is 5.32 Å². The lowest BCUT2D eigenvalue weighted by Gasteiger charge is -2.10. The Morgan fingerprint density at radius 2 is 2.38 bits per heavy atom. The average Bonchev–Trinajstić information content (AvgIpc) is 2.49. The summed E-state index contributed by atoms with van der Waals surface area (Å²) in [6.07, 6.45) is 0. The van der Waals surface area contributed by atoms with Crippen LogP contribution in [0.4, 0.5) is 0 Å². The van der Waals surface area contributed by atoms with Gasteiger partial charge in [0.15, 0.2) is 3.77 Å². The molecule has 0 aliphatic heterocycles. The molecule has 0 aliphatic carbocycles. The zero-order chi connectivity index (χ0) is 9.68.